The van der Waals surface area contributed by atoms with Crippen molar-refractivity contribution >= 4 is 23.6 Å². The second-order valence-electron chi connectivity index (χ2n) is 12.4. The van der Waals surface area contributed by atoms with Crippen LogP contribution in [-0.4, -0.2) is 78.9 Å². The Bertz CT molecular complexity index is 1080. The van der Waals surface area contributed by atoms with E-state index in [1.54, 1.807) is 24.3 Å². The number of benzene rings is 1. The van der Waals surface area contributed by atoms with Gasteiger partial charge in [-0.15, -0.1) is 0 Å². The zero-order valence-electron chi connectivity index (χ0n) is 25.3. The fourth-order valence-electron chi connectivity index (χ4n) is 6.16. The van der Waals surface area contributed by atoms with Crippen LogP contribution in [0.4, 0.5) is 0 Å². The summed E-state index contributed by atoms with van der Waals surface area (Å²) in [4.78, 5) is 56.2. The summed E-state index contributed by atoms with van der Waals surface area (Å²) in [5.41, 5.74) is -0.689. The lowest BCUT2D eigenvalue weighted by Crippen LogP contribution is -2.62. The zero-order chi connectivity index (χ0) is 30.0. The Morgan fingerprint density at radius 3 is 2.40 bits per heavy atom. The van der Waals surface area contributed by atoms with Crippen LogP contribution in [0.3, 0.4) is 0 Å². The molecular weight excluding hydrogens is 534 g/mol. The van der Waals surface area contributed by atoms with Gasteiger partial charge in [0.25, 0.3) is 5.91 Å². The molecule has 10 heteroatoms. The van der Waals surface area contributed by atoms with E-state index in [-0.39, 0.29) is 49.1 Å². The summed E-state index contributed by atoms with van der Waals surface area (Å²) in [6.45, 7) is 7.44. The first kappa shape index (κ1) is 31.8. The molecule has 0 unspecified atom stereocenters. The maximum atomic E-state index is 13.7. The van der Waals surface area contributed by atoms with E-state index in [4.69, 9.17) is 4.74 Å². The highest BCUT2D eigenvalue weighted by molar-refractivity contribution is 6.00. The molecule has 2 atom stereocenters. The molecule has 0 aromatic heterocycles. The lowest BCUT2D eigenvalue weighted by atomic mass is 9.80. The summed E-state index contributed by atoms with van der Waals surface area (Å²) >= 11 is 0. The van der Waals surface area contributed by atoms with Crippen LogP contribution >= 0.6 is 0 Å². The SMILES string of the molecule is CC(C)[C@@H]1COc2ccccc2C(=O)N[C@H](C(=O)NCCN2CCCCCC2)CCC(=O)NC2(CCCCC2)C(=O)N1. The van der Waals surface area contributed by atoms with Crippen molar-refractivity contribution in [3.63, 3.8) is 0 Å². The standard InChI is InChI=1S/C32H49N5O5/c1-23(2)26-22-42-27-13-7-6-12-24(27)29(39)34-25(30(40)33-18-21-37-19-10-3-4-11-20-37)14-15-28(38)36-32(31(41)35-26)16-8-5-9-17-32/h6-7,12-13,23,25-26H,3-5,8-11,14-22H2,1-2H3,(H,33,40)(H,34,39)(H,35,41)(H,36,38)/t25-,26-/m0/s1. The average molecular weight is 584 g/mol. The van der Waals surface area contributed by atoms with Crippen LogP contribution in [0.2, 0.25) is 0 Å². The van der Waals surface area contributed by atoms with Gasteiger partial charge in [0.05, 0.1) is 11.6 Å². The number of hydrogen-bond acceptors (Lipinski definition) is 6. The predicted molar refractivity (Wildman–Crippen MR) is 161 cm³/mol. The van der Waals surface area contributed by atoms with E-state index in [1.807, 2.05) is 13.8 Å². The van der Waals surface area contributed by atoms with E-state index in [0.717, 1.165) is 38.9 Å². The van der Waals surface area contributed by atoms with Gasteiger partial charge in [0, 0.05) is 19.5 Å². The third-order valence-corrected chi connectivity index (χ3v) is 8.90. The van der Waals surface area contributed by atoms with Gasteiger partial charge in [0.15, 0.2) is 0 Å². The highest BCUT2D eigenvalue weighted by Crippen LogP contribution is 2.29. The van der Waals surface area contributed by atoms with Crippen molar-refractivity contribution in [3.8, 4) is 5.75 Å². The first-order valence-electron chi connectivity index (χ1n) is 15.9. The highest BCUT2D eigenvalue weighted by Gasteiger charge is 2.42. The average Bonchev–Trinajstić information content (AvgIpc) is 3.26. The van der Waals surface area contributed by atoms with Gasteiger partial charge >= 0.3 is 0 Å². The second kappa shape index (κ2) is 15.4. The molecule has 2 heterocycles. The van der Waals surface area contributed by atoms with Crippen molar-refractivity contribution < 1.29 is 23.9 Å². The molecule has 0 bridgehead atoms. The number of fused-ring (bicyclic) bond motifs is 1. The minimum atomic E-state index is -0.991. The number of rotatable bonds is 5. The smallest absolute Gasteiger partial charge is 0.255 e. The first-order chi connectivity index (χ1) is 20.3. The van der Waals surface area contributed by atoms with E-state index < -0.39 is 17.5 Å². The number of hydrogen-bond donors (Lipinski definition) is 4. The fourth-order valence-corrected chi connectivity index (χ4v) is 6.16. The first-order valence-corrected chi connectivity index (χ1v) is 15.9. The number of nitrogens with one attached hydrogen (secondary N) is 4. The molecule has 1 aromatic carbocycles. The Kier molecular flexibility index (Phi) is 11.6. The van der Waals surface area contributed by atoms with Gasteiger partial charge < -0.3 is 30.9 Å². The topological polar surface area (TPSA) is 129 Å². The van der Waals surface area contributed by atoms with Crippen LogP contribution in [-0.2, 0) is 14.4 Å². The van der Waals surface area contributed by atoms with Crippen LogP contribution in [0.15, 0.2) is 24.3 Å². The molecule has 4 rings (SSSR count). The zero-order valence-corrected chi connectivity index (χ0v) is 25.3. The summed E-state index contributed by atoms with van der Waals surface area (Å²) in [6, 6.07) is 5.67. The number of para-hydroxylation sites is 1. The molecule has 42 heavy (non-hydrogen) atoms. The van der Waals surface area contributed by atoms with Crippen LogP contribution in [0.1, 0.15) is 94.8 Å². The summed E-state index contributed by atoms with van der Waals surface area (Å²) in [5, 5.41) is 12.0. The summed E-state index contributed by atoms with van der Waals surface area (Å²) in [5.74, 6) is -0.813. The molecule has 1 saturated carbocycles. The molecule has 0 radical (unpaired) electrons. The number of ether oxygens (including phenoxy) is 1. The largest absolute Gasteiger partial charge is 0.491 e. The van der Waals surface area contributed by atoms with Crippen molar-refractivity contribution in [2.45, 2.75) is 102 Å². The van der Waals surface area contributed by atoms with E-state index in [9.17, 15) is 19.2 Å². The molecule has 2 fully saturated rings. The molecule has 232 valence electrons. The van der Waals surface area contributed by atoms with E-state index >= 15 is 0 Å². The Morgan fingerprint density at radius 1 is 1.00 bits per heavy atom. The Morgan fingerprint density at radius 2 is 1.69 bits per heavy atom. The number of carbonyl (C=O) groups is 4. The number of nitrogens with zero attached hydrogens (tertiary/aromatic N) is 1. The number of amides is 4. The normalized spacial score (nSPS) is 24.6. The Hall–Kier alpha value is -3.14. The predicted octanol–water partition coefficient (Wildman–Crippen LogP) is 2.91. The Balaban J connectivity index is 1.54. The third kappa shape index (κ3) is 8.69. The molecule has 10 nitrogen and oxygen atoms in total. The summed E-state index contributed by atoms with van der Waals surface area (Å²) in [6.07, 6.45) is 8.78. The Labute approximate surface area is 250 Å². The molecule has 4 N–H and O–H groups in total. The molecule has 4 amide bonds. The molecule has 1 aliphatic carbocycles. The quantitative estimate of drug-likeness (QED) is 0.422. The number of likely N-dealkylation sites (tertiary alicyclic amines) is 1. The summed E-state index contributed by atoms with van der Waals surface area (Å²) in [7, 11) is 0. The lowest BCUT2D eigenvalue weighted by molar-refractivity contribution is -0.136. The maximum Gasteiger partial charge on any atom is 0.255 e. The monoisotopic (exact) mass is 583 g/mol. The molecule has 2 aliphatic heterocycles. The minimum Gasteiger partial charge on any atom is -0.491 e. The van der Waals surface area contributed by atoms with Gasteiger partial charge in [-0.25, -0.2) is 0 Å². The van der Waals surface area contributed by atoms with Crippen LogP contribution in [0, 0.1) is 5.92 Å². The van der Waals surface area contributed by atoms with Crippen molar-refractivity contribution in [2.24, 2.45) is 5.92 Å². The molecule has 3 aliphatic rings. The van der Waals surface area contributed by atoms with E-state index in [2.05, 4.69) is 26.2 Å². The van der Waals surface area contributed by atoms with Crippen LogP contribution < -0.4 is 26.0 Å². The minimum absolute atomic E-state index is 0.00524. The van der Waals surface area contributed by atoms with Crippen LogP contribution in [0.5, 0.6) is 5.75 Å². The van der Waals surface area contributed by atoms with E-state index in [1.165, 1.54) is 25.7 Å². The van der Waals surface area contributed by atoms with Gasteiger partial charge in [-0.05, 0) is 63.2 Å². The van der Waals surface area contributed by atoms with Crippen LogP contribution in [0.25, 0.3) is 0 Å². The highest BCUT2D eigenvalue weighted by atomic mass is 16.5. The molecule has 1 saturated heterocycles. The van der Waals surface area contributed by atoms with Gasteiger partial charge in [-0.2, -0.15) is 0 Å². The third-order valence-electron chi connectivity index (χ3n) is 8.90. The fraction of sp³-hybridized carbons (Fsp3) is 0.688. The molecule has 1 spiro atoms. The molecular formula is C32H49N5O5. The van der Waals surface area contributed by atoms with Gasteiger partial charge in [-0.1, -0.05) is 58.1 Å². The lowest BCUT2D eigenvalue weighted by Gasteiger charge is -2.38. The van der Waals surface area contributed by atoms with Crippen molar-refractivity contribution in [1.82, 2.24) is 26.2 Å². The second-order valence-corrected chi connectivity index (χ2v) is 12.4. The maximum absolute atomic E-state index is 13.7. The van der Waals surface area contributed by atoms with Crippen molar-refractivity contribution in [2.75, 3.05) is 32.8 Å². The van der Waals surface area contributed by atoms with E-state index in [0.29, 0.717) is 30.7 Å². The van der Waals surface area contributed by atoms with Crippen molar-refractivity contribution in [3.05, 3.63) is 29.8 Å². The van der Waals surface area contributed by atoms with Crippen molar-refractivity contribution in [1.29, 1.82) is 0 Å². The van der Waals surface area contributed by atoms with Gasteiger partial charge in [0.2, 0.25) is 17.7 Å². The number of carbonyl (C=O) groups excluding carboxylic acids is 4. The molecule has 1 aromatic rings. The summed E-state index contributed by atoms with van der Waals surface area (Å²) < 4.78 is 6.12. The van der Waals surface area contributed by atoms with Gasteiger partial charge in [0.1, 0.15) is 23.9 Å². The van der Waals surface area contributed by atoms with Gasteiger partial charge in [-0.3, -0.25) is 19.2 Å².